The van der Waals surface area contributed by atoms with Gasteiger partial charge in [0.15, 0.2) is 9.84 Å². The number of benzene rings is 1. The lowest BCUT2D eigenvalue weighted by Gasteiger charge is -2.39. The number of methoxy groups -OCH3 is 2. The van der Waals surface area contributed by atoms with Crippen LogP contribution >= 0.6 is 0 Å². The van der Waals surface area contributed by atoms with Crippen LogP contribution in [0.15, 0.2) is 17.0 Å². The predicted molar refractivity (Wildman–Crippen MR) is 111 cm³/mol. The third-order valence-corrected chi connectivity index (χ3v) is 5.91. The zero-order valence-electron chi connectivity index (χ0n) is 18.2. The Morgan fingerprint density at radius 1 is 1.20 bits per heavy atom. The Morgan fingerprint density at radius 3 is 2.30 bits per heavy atom. The molecule has 0 saturated carbocycles. The van der Waals surface area contributed by atoms with Crippen LogP contribution in [0, 0.1) is 5.92 Å². The van der Waals surface area contributed by atoms with Gasteiger partial charge in [0.05, 0.1) is 36.9 Å². The highest BCUT2D eigenvalue weighted by Crippen LogP contribution is 2.37. The quantitative estimate of drug-likeness (QED) is 0.679. The fourth-order valence-electron chi connectivity index (χ4n) is 3.40. The fourth-order valence-corrected chi connectivity index (χ4v) is 4.29. The van der Waals surface area contributed by atoms with E-state index in [1.807, 2.05) is 0 Å². The van der Waals surface area contributed by atoms with Crippen LogP contribution < -0.4 is 15.4 Å². The summed E-state index contributed by atoms with van der Waals surface area (Å²) in [4.78, 5) is 26.1. The summed E-state index contributed by atoms with van der Waals surface area (Å²) in [6.07, 6.45) is 1.19. The number of anilines is 1. The first-order chi connectivity index (χ1) is 13.8. The summed E-state index contributed by atoms with van der Waals surface area (Å²) in [6, 6.07) is 2.71. The van der Waals surface area contributed by atoms with Crippen molar-refractivity contribution in [3.8, 4) is 5.75 Å². The summed E-state index contributed by atoms with van der Waals surface area (Å²) in [7, 11) is -1.12. The van der Waals surface area contributed by atoms with Gasteiger partial charge in [-0.15, -0.1) is 0 Å². The normalized spacial score (nSPS) is 19.9. The van der Waals surface area contributed by atoms with Crippen LogP contribution in [0.4, 0.5) is 5.69 Å². The van der Waals surface area contributed by atoms with E-state index in [0.717, 1.165) is 6.26 Å². The number of piperidine rings is 1. The first-order valence-corrected chi connectivity index (χ1v) is 11.4. The van der Waals surface area contributed by atoms with E-state index in [9.17, 15) is 18.0 Å². The van der Waals surface area contributed by atoms with E-state index in [1.54, 1.807) is 25.7 Å². The van der Waals surface area contributed by atoms with Gasteiger partial charge in [-0.1, -0.05) is 0 Å². The smallest absolute Gasteiger partial charge is 0.341 e. The molecule has 1 heterocycles. The SMILES string of the molecule is COC(=O)c1cc(S(C)(=O)=O)c(N2CCC(C(=O)OC(C)(C)C)CC2N)cc1OC. The molecule has 2 N–H and O–H groups in total. The number of hydrogen-bond acceptors (Lipinski definition) is 9. The minimum atomic E-state index is -3.70. The van der Waals surface area contributed by atoms with E-state index in [-0.39, 0.29) is 28.1 Å². The Hall–Kier alpha value is -2.33. The highest BCUT2D eigenvalue weighted by molar-refractivity contribution is 7.90. The number of ether oxygens (including phenoxy) is 3. The number of nitrogens with zero attached hydrogens (tertiary/aromatic N) is 1. The second kappa shape index (κ2) is 8.81. The van der Waals surface area contributed by atoms with Crippen LogP contribution in [0.2, 0.25) is 0 Å². The lowest BCUT2D eigenvalue weighted by molar-refractivity contribution is -0.161. The summed E-state index contributed by atoms with van der Waals surface area (Å²) < 4.78 is 40.4. The third kappa shape index (κ3) is 5.42. The molecule has 0 radical (unpaired) electrons. The first kappa shape index (κ1) is 23.9. The second-order valence-corrected chi connectivity index (χ2v) is 10.3. The summed E-state index contributed by atoms with van der Waals surface area (Å²) in [5.74, 6) is -1.24. The van der Waals surface area contributed by atoms with Crippen molar-refractivity contribution in [3.63, 3.8) is 0 Å². The number of carbonyl (C=O) groups is 2. The van der Waals surface area contributed by atoms with E-state index in [0.29, 0.717) is 25.1 Å². The maximum absolute atomic E-state index is 12.5. The molecule has 0 aliphatic carbocycles. The number of nitrogens with two attached hydrogens (primary N) is 1. The van der Waals surface area contributed by atoms with Crippen LogP contribution in [0.5, 0.6) is 5.75 Å². The van der Waals surface area contributed by atoms with E-state index >= 15 is 0 Å². The van der Waals surface area contributed by atoms with Gasteiger partial charge in [-0.3, -0.25) is 4.79 Å². The van der Waals surface area contributed by atoms with Crippen LogP contribution in [0.25, 0.3) is 0 Å². The van der Waals surface area contributed by atoms with E-state index < -0.39 is 27.6 Å². The lowest BCUT2D eigenvalue weighted by Crippen LogP contribution is -2.50. The van der Waals surface area contributed by atoms with E-state index in [1.165, 1.54) is 26.4 Å². The summed E-state index contributed by atoms with van der Waals surface area (Å²) in [5, 5.41) is 0. The van der Waals surface area contributed by atoms with Crippen molar-refractivity contribution in [2.24, 2.45) is 11.7 Å². The Bertz CT molecular complexity index is 922. The van der Waals surface area contributed by atoms with Gasteiger partial charge < -0.3 is 24.8 Å². The summed E-state index contributed by atoms with van der Waals surface area (Å²) in [5.41, 5.74) is 6.04. The van der Waals surface area contributed by atoms with Crippen LogP contribution in [0.1, 0.15) is 44.0 Å². The number of hydrogen-bond donors (Lipinski definition) is 1. The Kier molecular flexibility index (Phi) is 7.03. The van der Waals surface area contributed by atoms with Gasteiger partial charge in [0.2, 0.25) is 0 Å². The molecule has 1 saturated heterocycles. The average Bonchev–Trinajstić information content (AvgIpc) is 2.64. The Morgan fingerprint density at radius 2 is 1.83 bits per heavy atom. The molecule has 2 rings (SSSR count). The lowest BCUT2D eigenvalue weighted by atomic mass is 9.93. The molecule has 0 amide bonds. The standard InChI is InChI=1S/C20H30N2O7S/c1-20(2,3)29-18(23)12-7-8-22(17(21)9-12)14-11-15(27-4)13(19(24)28-5)10-16(14)30(6,25)26/h10-12,17H,7-9,21H2,1-6H3. The minimum Gasteiger partial charge on any atom is -0.496 e. The van der Waals surface area contributed by atoms with Crippen molar-refractivity contribution < 1.29 is 32.2 Å². The van der Waals surface area contributed by atoms with Crippen molar-refractivity contribution >= 4 is 27.5 Å². The van der Waals surface area contributed by atoms with Crippen LogP contribution in [-0.4, -0.2) is 59.1 Å². The van der Waals surface area contributed by atoms with Gasteiger partial charge in [0.25, 0.3) is 0 Å². The second-order valence-electron chi connectivity index (χ2n) is 8.30. The van der Waals surface area contributed by atoms with Gasteiger partial charge in [-0.25, -0.2) is 13.2 Å². The molecule has 1 aromatic rings. The third-order valence-electron chi connectivity index (χ3n) is 4.78. The Balaban J connectivity index is 2.42. The summed E-state index contributed by atoms with van der Waals surface area (Å²) >= 11 is 0. The topological polar surface area (TPSA) is 125 Å². The molecule has 30 heavy (non-hydrogen) atoms. The molecule has 1 fully saturated rings. The number of rotatable bonds is 5. The molecule has 2 unspecified atom stereocenters. The zero-order chi connectivity index (χ0) is 22.9. The van der Waals surface area contributed by atoms with Gasteiger partial charge >= 0.3 is 11.9 Å². The van der Waals surface area contributed by atoms with Gasteiger partial charge in [-0.05, 0) is 39.7 Å². The molecule has 9 nitrogen and oxygen atoms in total. The summed E-state index contributed by atoms with van der Waals surface area (Å²) in [6.45, 7) is 5.74. The molecular formula is C20H30N2O7S. The number of esters is 2. The highest BCUT2D eigenvalue weighted by atomic mass is 32.2. The minimum absolute atomic E-state index is 0.00128. The van der Waals surface area contributed by atoms with E-state index in [4.69, 9.17) is 19.9 Å². The van der Waals surface area contributed by atoms with Gasteiger partial charge in [0, 0.05) is 18.9 Å². The Labute approximate surface area is 177 Å². The zero-order valence-corrected chi connectivity index (χ0v) is 19.0. The molecule has 10 heteroatoms. The highest BCUT2D eigenvalue weighted by Gasteiger charge is 2.35. The van der Waals surface area contributed by atoms with Crippen molar-refractivity contribution in [1.82, 2.24) is 0 Å². The van der Waals surface area contributed by atoms with Crippen LogP contribution in [0.3, 0.4) is 0 Å². The molecule has 0 bridgehead atoms. The molecule has 1 aliphatic heterocycles. The molecular weight excluding hydrogens is 412 g/mol. The van der Waals surface area contributed by atoms with Crippen molar-refractivity contribution in [3.05, 3.63) is 17.7 Å². The fraction of sp³-hybridized carbons (Fsp3) is 0.600. The number of carbonyl (C=O) groups excluding carboxylic acids is 2. The van der Waals surface area contributed by atoms with E-state index in [2.05, 4.69) is 0 Å². The first-order valence-electron chi connectivity index (χ1n) is 9.54. The van der Waals surface area contributed by atoms with Crippen LogP contribution in [-0.2, 0) is 24.1 Å². The largest absolute Gasteiger partial charge is 0.496 e. The average molecular weight is 443 g/mol. The van der Waals surface area contributed by atoms with Gasteiger partial charge in [0.1, 0.15) is 16.9 Å². The van der Waals surface area contributed by atoms with Crippen molar-refractivity contribution in [1.29, 1.82) is 0 Å². The predicted octanol–water partition coefficient (Wildman–Crippen LogP) is 1.73. The molecule has 1 aliphatic rings. The van der Waals surface area contributed by atoms with Gasteiger partial charge in [-0.2, -0.15) is 0 Å². The maximum atomic E-state index is 12.5. The molecule has 168 valence electrons. The van der Waals surface area contributed by atoms with Crippen molar-refractivity contribution in [2.75, 3.05) is 31.9 Å². The molecule has 0 aromatic heterocycles. The molecule has 1 aromatic carbocycles. The maximum Gasteiger partial charge on any atom is 0.341 e. The molecule has 0 spiro atoms. The van der Waals surface area contributed by atoms with Crippen molar-refractivity contribution in [2.45, 2.75) is 50.3 Å². The number of sulfone groups is 1. The monoisotopic (exact) mass is 442 g/mol. The molecule has 2 atom stereocenters.